The molecule has 0 aromatic carbocycles. The van der Waals surface area contributed by atoms with Crippen LogP contribution in [0.5, 0.6) is 0 Å². The molecule has 3 atom stereocenters. The van der Waals surface area contributed by atoms with Gasteiger partial charge in [0, 0.05) is 23.9 Å². The number of piperidine rings is 1. The Morgan fingerprint density at radius 2 is 1.83 bits per heavy atom. The fourth-order valence-corrected chi connectivity index (χ4v) is 3.50. The first-order chi connectivity index (χ1) is 8.41. The van der Waals surface area contributed by atoms with Gasteiger partial charge < -0.3 is 10.0 Å². The Labute approximate surface area is 111 Å². The molecule has 1 saturated heterocycles. The standard InChI is InChI=1S/C15H27NO2/c1-15(2,3)14(18)16-10-5-4-8-12(16)11-7-6-9-13(11)17/h11-13,17H,4-10H2,1-3H3. The zero-order valence-corrected chi connectivity index (χ0v) is 12.0. The molecule has 3 unspecified atom stereocenters. The Bertz CT molecular complexity index is 308. The minimum Gasteiger partial charge on any atom is -0.393 e. The van der Waals surface area contributed by atoms with Crippen molar-refractivity contribution in [3.8, 4) is 0 Å². The molecule has 2 rings (SSSR count). The smallest absolute Gasteiger partial charge is 0.228 e. The van der Waals surface area contributed by atoms with Crippen molar-refractivity contribution >= 4 is 5.91 Å². The van der Waals surface area contributed by atoms with E-state index in [1.807, 2.05) is 20.8 Å². The van der Waals surface area contributed by atoms with Crippen LogP contribution in [0.15, 0.2) is 0 Å². The minimum atomic E-state index is -0.306. The topological polar surface area (TPSA) is 40.5 Å². The van der Waals surface area contributed by atoms with Crippen molar-refractivity contribution in [2.75, 3.05) is 6.54 Å². The largest absolute Gasteiger partial charge is 0.393 e. The maximum atomic E-state index is 12.5. The van der Waals surface area contributed by atoms with E-state index in [-0.39, 0.29) is 23.5 Å². The number of amides is 1. The molecule has 1 amide bonds. The first-order valence-electron chi connectivity index (χ1n) is 7.40. The van der Waals surface area contributed by atoms with Crippen LogP contribution in [0.4, 0.5) is 0 Å². The molecule has 2 fully saturated rings. The van der Waals surface area contributed by atoms with E-state index < -0.39 is 0 Å². The van der Waals surface area contributed by atoms with E-state index in [4.69, 9.17) is 0 Å². The molecule has 104 valence electrons. The van der Waals surface area contributed by atoms with Crippen LogP contribution >= 0.6 is 0 Å². The number of aliphatic hydroxyl groups excluding tert-OH is 1. The van der Waals surface area contributed by atoms with Gasteiger partial charge in [-0.15, -0.1) is 0 Å². The zero-order chi connectivity index (χ0) is 13.3. The summed E-state index contributed by atoms with van der Waals surface area (Å²) in [4.78, 5) is 14.6. The van der Waals surface area contributed by atoms with Crippen molar-refractivity contribution in [2.24, 2.45) is 11.3 Å². The first-order valence-corrected chi connectivity index (χ1v) is 7.40. The molecule has 0 aromatic rings. The van der Waals surface area contributed by atoms with Gasteiger partial charge in [0.25, 0.3) is 0 Å². The van der Waals surface area contributed by atoms with Crippen molar-refractivity contribution in [2.45, 2.75) is 71.4 Å². The number of nitrogens with zero attached hydrogens (tertiary/aromatic N) is 1. The zero-order valence-electron chi connectivity index (χ0n) is 12.0. The molecule has 1 heterocycles. The average molecular weight is 253 g/mol. The fraction of sp³-hybridized carbons (Fsp3) is 0.933. The maximum absolute atomic E-state index is 12.5. The van der Waals surface area contributed by atoms with Crippen molar-refractivity contribution in [3.05, 3.63) is 0 Å². The van der Waals surface area contributed by atoms with Crippen LogP contribution in [0.2, 0.25) is 0 Å². The van der Waals surface area contributed by atoms with Gasteiger partial charge in [-0.05, 0) is 32.1 Å². The summed E-state index contributed by atoms with van der Waals surface area (Å²) in [6.07, 6.45) is 6.30. The highest BCUT2D eigenvalue weighted by Gasteiger charge is 2.41. The Morgan fingerprint density at radius 1 is 1.11 bits per heavy atom. The van der Waals surface area contributed by atoms with Crippen molar-refractivity contribution in [3.63, 3.8) is 0 Å². The summed E-state index contributed by atoms with van der Waals surface area (Å²) in [5.74, 6) is 0.572. The first kappa shape index (κ1) is 13.9. The Balaban J connectivity index is 2.13. The third-order valence-corrected chi connectivity index (χ3v) is 4.48. The lowest BCUT2D eigenvalue weighted by molar-refractivity contribution is -0.145. The monoisotopic (exact) mass is 253 g/mol. The Kier molecular flexibility index (Phi) is 4.00. The second-order valence-electron chi connectivity index (χ2n) is 6.97. The van der Waals surface area contributed by atoms with Gasteiger partial charge in [-0.3, -0.25) is 4.79 Å². The summed E-state index contributed by atoms with van der Waals surface area (Å²) in [7, 11) is 0. The summed E-state index contributed by atoms with van der Waals surface area (Å²) in [6.45, 7) is 6.86. The van der Waals surface area contributed by atoms with Crippen LogP contribution in [-0.2, 0) is 4.79 Å². The number of likely N-dealkylation sites (tertiary alicyclic amines) is 1. The summed E-state index contributed by atoms with van der Waals surface area (Å²) < 4.78 is 0. The van der Waals surface area contributed by atoms with E-state index >= 15 is 0 Å². The molecule has 3 nitrogen and oxygen atoms in total. The van der Waals surface area contributed by atoms with E-state index in [9.17, 15) is 9.90 Å². The molecule has 1 saturated carbocycles. The summed E-state index contributed by atoms with van der Waals surface area (Å²) in [6, 6.07) is 0.281. The van der Waals surface area contributed by atoms with E-state index in [2.05, 4.69) is 4.90 Å². The van der Waals surface area contributed by atoms with Gasteiger partial charge in [0.05, 0.1) is 6.10 Å². The molecule has 1 aliphatic heterocycles. The maximum Gasteiger partial charge on any atom is 0.228 e. The second kappa shape index (κ2) is 5.20. The summed E-state index contributed by atoms with van der Waals surface area (Å²) >= 11 is 0. The van der Waals surface area contributed by atoms with E-state index in [0.717, 1.165) is 38.6 Å². The van der Waals surface area contributed by atoms with E-state index in [1.165, 1.54) is 6.42 Å². The predicted octanol–water partition coefficient (Wildman–Crippen LogP) is 2.57. The van der Waals surface area contributed by atoms with Gasteiger partial charge in [-0.1, -0.05) is 27.2 Å². The second-order valence-corrected chi connectivity index (χ2v) is 6.97. The molecule has 2 aliphatic rings. The molecule has 3 heteroatoms. The lowest BCUT2D eigenvalue weighted by Gasteiger charge is -2.43. The highest BCUT2D eigenvalue weighted by molar-refractivity contribution is 5.82. The van der Waals surface area contributed by atoms with Crippen LogP contribution in [0.1, 0.15) is 59.3 Å². The number of carbonyl (C=O) groups excluding carboxylic acids is 1. The number of hydrogen-bond acceptors (Lipinski definition) is 2. The number of aliphatic hydroxyl groups is 1. The summed E-state index contributed by atoms with van der Waals surface area (Å²) in [5.41, 5.74) is -0.306. The lowest BCUT2D eigenvalue weighted by atomic mass is 9.85. The molecular formula is C15H27NO2. The number of carbonyl (C=O) groups is 1. The highest BCUT2D eigenvalue weighted by atomic mass is 16.3. The van der Waals surface area contributed by atoms with Gasteiger partial charge in [0.2, 0.25) is 5.91 Å². The third-order valence-electron chi connectivity index (χ3n) is 4.48. The van der Waals surface area contributed by atoms with Gasteiger partial charge in [-0.25, -0.2) is 0 Å². The van der Waals surface area contributed by atoms with Gasteiger partial charge in [-0.2, -0.15) is 0 Å². The molecular weight excluding hydrogens is 226 g/mol. The fourth-order valence-electron chi connectivity index (χ4n) is 3.50. The lowest BCUT2D eigenvalue weighted by Crippen LogP contribution is -2.52. The average Bonchev–Trinajstić information content (AvgIpc) is 2.73. The Hall–Kier alpha value is -0.570. The normalized spacial score (nSPS) is 33.8. The van der Waals surface area contributed by atoms with Crippen molar-refractivity contribution < 1.29 is 9.90 Å². The van der Waals surface area contributed by atoms with E-state index in [1.54, 1.807) is 0 Å². The van der Waals surface area contributed by atoms with Gasteiger partial charge in [0.15, 0.2) is 0 Å². The SMILES string of the molecule is CC(C)(C)C(=O)N1CCCCC1C1CCCC1O. The molecule has 0 spiro atoms. The number of rotatable bonds is 1. The molecule has 0 aromatic heterocycles. The molecule has 0 bridgehead atoms. The van der Waals surface area contributed by atoms with Crippen LogP contribution in [0, 0.1) is 11.3 Å². The molecule has 0 radical (unpaired) electrons. The van der Waals surface area contributed by atoms with Crippen LogP contribution in [0.3, 0.4) is 0 Å². The number of hydrogen-bond donors (Lipinski definition) is 1. The van der Waals surface area contributed by atoms with Crippen LogP contribution in [-0.4, -0.2) is 34.6 Å². The third kappa shape index (κ3) is 2.71. The molecule has 18 heavy (non-hydrogen) atoms. The van der Waals surface area contributed by atoms with E-state index in [0.29, 0.717) is 5.92 Å². The van der Waals surface area contributed by atoms with Crippen molar-refractivity contribution in [1.82, 2.24) is 4.90 Å². The molecule has 1 aliphatic carbocycles. The summed E-state index contributed by atoms with van der Waals surface area (Å²) in [5, 5.41) is 10.1. The molecule has 1 N–H and O–H groups in total. The highest BCUT2D eigenvalue weighted by Crippen LogP contribution is 2.36. The minimum absolute atomic E-state index is 0.191. The quantitative estimate of drug-likeness (QED) is 0.780. The van der Waals surface area contributed by atoms with Gasteiger partial charge >= 0.3 is 0 Å². The van der Waals surface area contributed by atoms with Crippen LogP contribution < -0.4 is 0 Å². The van der Waals surface area contributed by atoms with Crippen molar-refractivity contribution in [1.29, 1.82) is 0 Å². The predicted molar refractivity (Wildman–Crippen MR) is 72.2 cm³/mol. The van der Waals surface area contributed by atoms with Crippen LogP contribution in [0.25, 0.3) is 0 Å². The Morgan fingerprint density at radius 3 is 2.39 bits per heavy atom. The van der Waals surface area contributed by atoms with Gasteiger partial charge in [0.1, 0.15) is 0 Å².